The second-order valence-corrected chi connectivity index (χ2v) is 6.28. The summed E-state index contributed by atoms with van der Waals surface area (Å²) in [5.74, 6) is 1.68. The fourth-order valence-electron chi connectivity index (χ4n) is 3.22. The first-order chi connectivity index (χ1) is 13.1. The lowest BCUT2D eigenvalue weighted by Crippen LogP contribution is -2.30. The van der Waals surface area contributed by atoms with Crippen molar-refractivity contribution in [2.45, 2.75) is 38.8 Å². The van der Waals surface area contributed by atoms with Crippen molar-refractivity contribution in [2.24, 2.45) is 0 Å². The van der Waals surface area contributed by atoms with Crippen LogP contribution in [0.5, 0.6) is 17.2 Å². The minimum atomic E-state index is -0.361. The van der Waals surface area contributed by atoms with Gasteiger partial charge in [-0.1, -0.05) is 6.42 Å². The van der Waals surface area contributed by atoms with Gasteiger partial charge < -0.3 is 19.5 Å². The molecular formula is C18H24N4O5. The van der Waals surface area contributed by atoms with Gasteiger partial charge in [0.2, 0.25) is 11.7 Å². The smallest absolute Gasteiger partial charge is 0.346 e. The number of amides is 1. The van der Waals surface area contributed by atoms with Crippen LogP contribution in [0.1, 0.15) is 25.1 Å². The Morgan fingerprint density at radius 1 is 1.11 bits per heavy atom. The molecule has 0 saturated heterocycles. The number of hydrogen-bond donors (Lipinski definition) is 1. The highest BCUT2D eigenvalue weighted by molar-refractivity contribution is 5.91. The molecule has 27 heavy (non-hydrogen) atoms. The highest BCUT2D eigenvalue weighted by Gasteiger charge is 2.18. The SMILES string of the molecule is COc1cc(NC(=O)Cn2nc3n(c2=O)CCCCC3)cc(OC)c1OC. The van der Waals surface area contributed by atoms with Crippen LogP contribution in [0, 0.1) is 0 Å². The minimum absolute atomic E-state index is 0.157. The van der Waals surface area contributed by atoms with E-state index in [1.54, 1.807) is 16.7 Å². The summed E-state index contributed by atoms with van der Waals surface area (Å²) < 4.78 is 18.7. The fraction of sp³-hybridized carbons (Fsp3) is 0.500. The molecule has 0 fully saturated rings. The van der Waals surface area contributed by atoms with Gasteiger partial charge >= 0.3 is 5.69 Å². The standard InChI is InChI=1S/C18H24N4O5/c1-25-13-9-12(10-14(26-2)17(13)27-3)19-16(23)11-22-18(24)21-8-6-4-5-7-15(21)20-22/h9-10H,4-8,11H2,1-3H3,(H,19,23). The van der Waals surface area contributed by atoms with Gasteiger partial charge in [0.25, 0.3) is 0 Å². The summed E-state index contributed by atoms with van der Waals surface area (Å²) in [5, 5.41) is 7.07. The number of nitrogens with zero attached hydrogens (tertiary/aromatic N) is 3. The van der Waals surface area contributed by atoms with Gasteiger partial charge in [0, 0.05) is 30.8 Å². The number of anilines is 1. The Balaban J connectivity index is 1.78. The zero-order chi connectivity index (χ0) is 19.4. The van der Waals surface area contributed by atoms with Gasteiger partial charge in [-0.3, -0.25) is 9.36 Å². The van der Waals surface area contributed by atoms with Crippen molar-refractivity contribution in [1.29, 1.82) is 0 Å². The summed E-state index contributed by atoms with van der Waals surface area (Å²) in [6, 6.07) is 3.26. The van der Waals surface area contributed by atoms with Gasteiger partial charge in [-0.05, 0) is 12.8 Å². The molecule has 1 aliphatic heterocycles. The number of carbonyl (C=O) groups excluding carboxylic acids is 1. The van der Waals surface area contributed by atoms with Crippen molar-refractivity contribution < 1.29 is 19.0 Å². The van der Waals surface area contributed by atoms with Gasteiger partial charge in [-0.25, -0.2) is 9.48 Å². The maximum atomic E-state index is 12.5. The van der Waals surface area contributed by atoms with E-state index in [4.69, 9.17) is 14.2 Å². The summed E-state index contributed by atoms with van der Waals surface area (Å²) in [6.45, 7) is 0.498. The summed E-state index contributed by atoms with van der Waals surface area (Å²) in [5.41, 5.74) is 0.232. The molecule has 0 radical (unpaired) electrons. The minimum Gasteiger partial charge on any atom is -0.493 e. The van der Waals surface area contributed by atoms with Gasteiger partial charge in [0.1, 0.15) is 12.4 Å². The molecule has 3 rings (SSSR count). The lowest BCUT2D eigenvalue weighted by atomic mass is 10.2. The van der Waals surface area contributed by atoms with Crippen molar-refractivity contribution in [3.8, 4) is 17.2 Å². The van der Waals surface area contributed by atoms with Gasteiger partial charge in [-0.2, -0.15) is 5.10 Å². The van der Waals surface area contributed by atoms with Crippen LogP contribution in [0.15, 0.2) is 16.9 Å². The number of aryl methyl sites for hydroxylation is 1. The lowest BCUT2D eigenvalue weighted by Gasteiger charge is -2.14. The number of hydrogen-bond acceptors (Lipinski definition) is 6. The monoisotopic (exact) mass is 376 g/mol. The molecule has 2 aromatic rings. The molecule has 0 aliphatic carbocycles. The topological polar surface area (TPSA) is 96.6 Å². The van der Waals surface area contributed by atoms with E-state index < -0.39 is 0 Å². The molecule has 2 heterocycles. The van der Waals surface area contributed by atoms with Crippen LogP contribution in [0.2, 0.25) is 0 Å². The molecular weight excluding hydrogens is 352 g/mol. The number of nitrogens with one attached hydrogen (secondary N) is 1. The van der Waals surface area contributed by atoms with E-state index in [0.29, 0.717) is 29.5 Å². The molecule has 1 aliphatic rings. The first-order valence-corrected chi connectivity index (χ1v) is 8.83. The molecule has 0 bridgehead atoms. The molecule has 0 unspecified atom stereocenters. The van der Waals surface area contributed by atoms with Crippen molar-refractivity contribution in [2.75, 3.05) is 26.6 Å². The summed E-state index contributed by atoms with van der Waals surface area (Å²) in [6.07, 6.45) is 3.81. The molecule has 9 nitrogen and oxygen atoms in total. The fourth-order valence-corrected chi connectivity index (χ4v) is 3.22. The van der Waals surface area contributed by atoms with Crippen molar-refractivity contribution >= 4 is 11.6 Å². The largest absolute Gasteiger partial charge is 0.493 e. The van der Waals surface area contributed by atoms with E-state index in [1.165, 1.54) is 26.0 Å². The van der Waals surface area contributed by atoms with E-state index in [2.05, 4.69) is 10.4 Å². The summed E-state index contributed by atoms with van der Waals surface area (Å²) in [4.78, 5) is 24.9. The van der Waals surface area contributed by atoms with E-state index >= 15 is 0 Å². The molecule has 1 amide bonds. The molecule has 0 atom stereocenters. The van der Waals surface area contributed by atoms with E-state index in [0.717, 1.165) is 31.5 Å². The highest BCUT2D eigenvalue weighted by Crippen LogP contribution is 2.39. The van der Waals surface area contributed by atoms with Crippen molar-refractivity contribution in [1.82, 2.24) is 14.3 Å². The maximum absolute atomic E-state index is 12.5. The third-order valence-electron chi connectivity index (χ3n) is 4.52. The Morgan fingerprint density at radius 3 is 2.44 bits per heavy atom. The Bertz CT molecular complexity index is 861. The van der Waals surface area contributed by atoms with E-state index in [1.807, 2.05) is 0 Å². The average molecular weight is 376 g/mol. The van der Waals surface area contributed by atoms with Crippen LogP contribution < -0.4 is 25.2 Å². The van der Waals surface area contributed by atoms with Crippen molar-refractivity contribution in [3.63, 3.8) is 0 Å². The summed E-state index contributed by atoms with van der Waals surface area (Å²) >= 11 is 0. The van der Waals surface area contributed by atoms with E-state index in [9.17, 15) is 9.59 Å². The molecule has 1 aromatic heterocycles. The maximum Gasteiger partial charge on any atom is 0.346 e. The first kappa shape index (κ1) is 18.8. The summed E-state index contributed by atoms with van der Waals surface area (Å²) in [7, 11) is 4.51. The van der Waals surface area contributed by atoms with Gasteiger partial charge in [-0.15, -0.1) is 0 Å². The predicted octanol–water partition coefficient (Wildman–Crippen LogP) is 1.44. The zero-order valence-corrected chi connectivity index (χ0v) is 15.8. The lowest BCUT2D eigenvalue weighted by molar-refractivity contribution is -0.117. The van der Waals surface area contributed by atoms with Crippen LogP contribution in [0.4, 0.5) is 5.69 Å². The number of rotatable bonds is 6. The molecule has 0 saturated carbocycles. The molecule has 1 aromatic carbocycles. The van der Waals surface area contributed by atoms with Gasteiger partial charge in [0.05, 0.1) is 21.3 Å². The van der Waals surface area contributed by atoms with Crippen molar-refractivity contribution in [3.05, 3.63) is 28.4 Å². The number of carbonyl (C=O) groups is 1. The number of methoxy groups -OCH3 is 3. The zero-order valence-electron chi connectivity index (χ0n) is 15.8. The van der Waals surface area contributed by atoms with Crippen LogP contribution >= 0.6 is 0 Å². The predicted molar refractivity (Wildman–Crippen MR) is 98.8 cm³/mol. The Labute approximate surface area is 156 Å². The Morgan fingerprint density at radius 2 is 1.81 bits per heavy atom. The Hall–Kier alpha value is -2.97. The third kappa shape index (κ3) is 3.91. The van der Waals surface area contributed by atoms with Crippen LogP contribution in [-0.4, -0.2) is 41.6 Å². The number of aromatic nitrogens is 3. The Kier molecular flexibility index (Phi) is 5.68. The van der Waals surface area contributed by atoms with Crippen LogP contribution in [0.3, 0.4) is 0 Å². The normalized spacial score (nSPS) is 13.4. The van der Waals surface area contributed by atoms with E-state index in [-0.39, 0.29) is 18.1 Å². The number of fused-ring (bicyclic) bond motifs is 1. The number of ether oxygens (including phenoxy) is 3. The third-order valence-corrected chi connectivity index (χ3v) is 4.52. The molecule has 0 spiro atoms. The van der Waals surface area contributed by atoms with Crippen LogP contribution in [0.25, 0.3) is 0 Å². The highest BCUT2D eigenvalue weighted by atomic mass is 16.5. The quantitative estimate of drug-likeness (QED) is 0.819. The second kappa shape index (κ2) is 8.15. The number of benzene rings is 1. The second-order valence-electron chi connectivity index (χ2n) is 6.28. The molecule has 9 heteroatoms. The average Bonchev–Trinajstić information content (AvgIpc) is 2.83. The first-order valence-electron chi connectivity index (χ1n) is 8.83. The van der Waals surface area contributed by atoms with Gasteiger partial charge in [0.15, 0.2) is 11.5 Å². The van der Waals surface area contributed by atoms with Crippen LogP contribution in [-0.2, 0) is 24.3 Å². The molecule has 146 valence electrons. The molecule has 1 N–H and O–H groups in total.